The Kier molecular flexibility index (Phi) is 4.15. The van der Waals surface area contributed by atoms with Crippen LogP contribution in [0.5, 0.6) is 0 Å². The molecule has 1 saturated heterocycles. The molecule has 3 rings (SSSR count). The molecule has 122 valence electrons. The van der Waals surface area contributed by atoms with E-state index in [4.69, 9.17) is 0 Å². The van der Waals surface area contributed by atoms with E-state index in [2.05, 4.69) is 5.32 Å². The zero-order chi connectivity index (χ0) is 16.6. The molecule has 1 aliphatic heterocycles. The van der Waals surface area contributed by atoms with E-state index in [1.54, 1.807) is 13.0 Å². The van der Waals surface area contributed by atoms with Gasteiger partial charge in [0.15, 0.2) is 0 Å². The molecule has 3 amide bonds. The van der Waals surface area contributed by atoms with Crippen molar-refractivity contribution in [3.05, 3.63) is 29.6 Å². The summed E-state index contributed by atoms with van der Waals surface area (Å²) in [5.74, 6) is -2.18. The van der Waals surface area contributed by atoms with E-state index < -0.39 is 11.7 Å². The molecule has 2 aliphatic rings. The first-order chi connectivity index (χ1) is 11.0. The smallest absolute Gasteiger partial charge is 0.244 e. The maximum Gasteiger partial charge on any atom is 0.244 e. The summed E-state index contributed by atoms with van der Waals surface area (Å²) in [4.78, 5) is 37.7. The van der Waals surface area contributed by atoms with E-state index in [1.807, 2.05) is 0 Å². The van der Waals surface area contributed by atoms with E-state index in [-0.39, 0.29) is 35.9 Å². The predicted molar refractivity (Wildman–Crippen MR) is 81.9 cm³/mol. The molecule has 1 aliphatic carbocycles. The number of imide groups is 1. The molecule has 0 radical (unpaired) electrons. The van der Waals surface area contributed by atoms with Gasteiger partial charge >= 0.3 is 0 Å². The van der Waals surface area contributed by atoms with Crippen molar-refractivity contribution in [3.63, 3.8) is 0 Å². The van der Waals surface area contributed by atoms with E-state index in [9.17, 15) is 18.8 Å². The van der Waals surface area contributed by atoms with E-state index in [0.717, 1.165) is 23.3 Å². The molecular formula is C17H19FN2O3. The van der Waals surface area contributed by atoms with Crippen LogP contribution in [0.15, 0.2) is 18.2 Å². The second-order valence-electron chi connectivity index (χ2n) is 6.29. The topological polar surface area (TPSA) is 66.5 Å². The number of carbonyl (C=O) groups excluding carboxylic acids is 3. The lowest BCUT2D eigenvalue weighted by atomic mass is 9.81. The number of likely N-dealkylation sites (tertiary alicyclic amines) is 1. The number of aryl methyl sites for hydroxylation is 1. The molecule has 1 aromatic rings. The van der Waals surface area contributed by atoms with Gasteiger partial charge in [-0.15, -0.1) is 0 Å². The number of rotatable bonds is 3. The molecule has 2 unspecified atom stereocenters. The fourth-order valence-electron chi connectivity index (χ4n) is 3.44. The Balaban J connectivity index is 1.68. The minimum atomic E-state index is -0.562. The van der Waals surface area contributed by atoms with Gasteiger partial charge in [0.05, 0.1) is 17.5 Å². The maximum absolute atomic E-state index is 13.8. The molecule has 0 bridgehead atoms. The van der Waals surface area contributed by atoms with Crippen molar-refractivity contribution >= 4 is 23.4 Å². The molecule has 2 atom stereocenters. The fourth-order valence-corrected chi connectivity index (χ4v) is 3.44. The summed E-state index contributed by atoms with van der Waals surface area (Å²) in [5.41, 5.74) is 0.798. The lowest BCUT2D eigenvalue weighted by molar-refractivity contribution is -0.142. The van der Waals surface area contributed by atoms with Crippen molar-refractivity contribution in [2.45, 2.75) is 32.6 Å². The average Bonchev–Trinajstić information content (AvgIpc) is 2.76. The van der Waals surface area contributed by atoms with Crippen LogP contribution in [0.3, 0.4) is 0 Å². The molecule has 5 nitrogen and oxygen atoms in total. The second-order valence-corrected chi connectivity index (χ2v) is 6.29. The van der Waals surface area contributed by atoms with E-state index in [0.29, 0.717) is 12.8 Å². The lowest BCUT2D eigenvalue weighted by Gasteiger charge is -2.19. The highest BCUT2D eigenvalue weighted by atomic mass is 19.1. The SMILES string of the molecule is Cc1ccc(NC(=O)CN2C(=O)C3CCCCC3C2=O)c(F)c1. The lowest BCUT2D eigenvalue weighted by Crippen LogP contribution is -2.38. The highest BCUT2D eigenvalue weighted by Gasteiger charge is 2.48. The van der Waals surface area contributed by atoms with Crippen molar-refractivity contribution in [1.29, 1.82) is 0 Å². The number of nitrogens with one attached hydrogen (secondary N) is 1. The first-order valence-electron chi connectivity index (χ1n) is 7.88. The third kappa shape index (κ3) is 2.98. The van der Waals surface area contributed by atoms with Crippen LogP contribution >= 0.6 is 0 Å². The van der Waals surface area contributed by atoms with Crippen molar-refractivity contribution in [2.75, 3.05) is 11.9 Å². The van der Waals surface area contributed by atoms with Gasteiger partial charge < -0.3 is 5.32 Å². The van der Waals surface area contributed by atoms with Gasteiger partial charge in [-0.2, -0.15) is 0 Å². The standard InChI is InChI=1S/C17H19FN2O3/c1-10-6-7-14(13(18)8-10)19-15(21)9-20-16(22)11-4-2-3-5-12(11)17(20)23/h6-8,11-12H,2-5,9H2,1H3,(H,19,21). The fraction of sp³-hybridized carbons (Fsp3) is 0.471. The van der Waals surface area contributed by atoms with Crippen LogP contribution in [0.2, 0.25) is 0 Å². The Morgan fingerprint density at radius 1 is 1.22 bits per heavy atom. The van der Waals surface area contributed by atoms with Crippen LogP contribution in [0.1, 0.15) is 31.2 Å². The summed E-state index contributed by atoms with van der Waals surface area (Å²) in [6.07, 6.45) is 3.30. The number of nitrogens with zero attached hydrogens (tertiary/aromatic N) is 1. The summed E-state index contributed by atoms with van der Waals surface area (Å²) >= 11 is 0. The first-order valence-corrected chi connectivity index (χ1v) is 7.88. The Morgan fingerprint density at radius 3 is 2.39 bits per heavy atom. The van der Waals surface area contributed by atoms with Crippen molar-refractivity contribution in [1.82, 2.24) is 4.90 Å². The number of hydrogen-bond acceptors (Lipinski definition) is 3. The monoisotopic (exact) mass is 318 g/mol. The van der Waals surface area contributed by atoms with Gasteiger partial charge in [0.2, 0.25) is 17.7 Å². The Labute approximate surface area is 133 Å². The number of fused-ring (bicyclic) bond motifs is 1. The van der Waals surface area contributed by atoms with Crippen LogP contribution < -0.4 is 5.32 Å². The number of hydrogen-bond donors (Lipinski definition) is 1. The van der Waals surface area contributed by atoms with Crippen LogP contribution in [0, 0.1) is 24.6 Å². The van der Waals surface area contributed by atoms with Crippen LogP contribution in [-0.4, -0.2) is 29.2 Å². The summed E-state index contributed by atoms with van der Waals surface area (Å²) < 4.78 is 13.8. The number of carbonyl (C=O) groups is 3. The zero-order valence-electron chi connectivity index (χ0n) is 13.0. The van der Waals surface area contributed by atoms with Crippen LogP contribution in [0.4, 0.5) is 10.1 Å². The molecule has 23 heavy (non-hydrogen) atoms. The molecule has 0 aromatic heterocycles. The van der Waals surface area contributed by atoms with E-state index >= 15 is 0 Å². The summed E-state index contributed by atoms with van der Waals surface area (Å²) in [6, 6.07) is 4.46. The average molecular weight is 318 g/mol. The summed E-state index contributed by atoms with van der Waals surface area (Å²) in [5, 5.41) is 2.43. The van der Waals surface area contributed by atoms with Crippen molar-refractivity contribution < 1.29 is 18.8 Å². The molecule has 2 fully saturated rings. The third-order valence-electron chi connectivity index (χ3n) is 4.63. The summed E-state index contributed by atoms with van der Waals surface area (Å²) in [6.45, 7) is 1.40. The molecule has 1 saturated carbocycles. The Bertz CT molecular complexity index is 650. The molecule has 1 aromatic carbocycles. The Hall–Kier alpha value is -2.24. The van der Waals surface area contributed by atoms with Gasteiger partial charge in [-0.1, -0.05) is 18.9 Å². The maximum atomic E-state index is 13.8. The van der Waals surface area contributed by atoms with Gasteiger partial charge in [0.1, 0.15) is 12.4 Å². The highest BCUT2D eigenvalue weighted by molar-refractivity contribution is 6.08. The molecule has 0 spiro atoms. The van der Waals surface area contributed by atoms with Gasteiger partial charge in [0.25, 0.3) is 0 Å². The second kappa shape index (κ2) is 6.10. The quantitative estimate of drug-likeness (QED) is 0.869. The number of halogens is 1. The largest absolute Gasteiger partial charge is 0.322 e. The van der Waals surface area contributed by atoms with Gasteiger partial charge in [-0.05, 0) is 37.5 Å². The molecule has 1 heterocycles. The normalized spacial score (nSPS) is 23.8. The minimum absolute atomic E-state index is 0.0529. The predicted octanol–water partition coefficient (Wildman–Crippen LogP) is 2.25. The minimum Gasteiger partial charge on any atom is -0.322 e. The Morgan fingerprint density at radius 2 is 1.83 bits per heavy atom. The number of benzene rings is 1. The first kappa shape index (κ1) is 15.6. The van der Waals surface area contributed by atoms with Gasteiger partial charge in [-0.25, -0.2) is 4.39 Å². The van der Waals surface area contributed by atoms with E-state index in [1.165, 1.54) is 12.1 Å². The molecule has 1 N–H and O–H groups in total. The molecular weight excluding hydrogens is 299 g/mol. The van der Waals surface area contributed by atoms with Gasteiger partial charge in [0, 0.05) is 0 Å². The van der Waals surface area contributed by atoms with Gasteiger partial charge in [-0.3, -0.25) is 19.3 Å². The number of anilines is 1. The van der Waals surface area contributed by atoms with Crippen LogP contribution in [0.25, 0.3) is 0 Å². The van der Waals surface area contributed by atoms with Crippen LogP contribution in [-0.2, 0) is 14.4 Å². The third-order valence-corrected chi connectivity index (χ3v) is 4.63. The zero-order valence-corrected chi connectivity index (χ0v) is 13.0. The highest BCUT2D eigenvalue weighted by Crippen LogP contribution is 2.37. The number of amides is 3. The molecule has 6 heteroatoms. The van der Waals surface area contributed by atoms with Crippen molar-refractivity contribution in [3.8, 4) is 0 Å². The van der Waals surface area contributed by atoms with Crippen molar-refractivity contribution in [2.24, 2.45) is 11.8 Å². The summed E-state index contributed by atoms with van der Waals surface area (Å²) in [7, 11) is 0.